The average Bonchev–Trinajstić information content (AvgIpc) is 2.57. The van der Waals surface area contributed by atoms with Crippen LogP contribution < -0.4 is 0 Å². The molecule has 0 aliphatic rings. The molecule has 3 N–H and O–H groups in total. The SMILES string of the molecule is CCCCCCCCCCCCCCCCCC(=O)OC[C@H](COP(=O)(O)OC[C@@H](O)COP(=O)(O)OC[C@@H](COC(=O)CCCCCCCCC)OC(=O)CCCCCCCCCCCCCCCCC)OC(=O)CCCCCCCCCCCCCCCC(C)C. The maximum Gasteiger partial charge on any atom is 0.472 e. The third-order valence-electron chi connectivity index (χ3n) is 17.3. The second-order valence-corrected chi connectivity index (χ2v) is 30.1. The van der Waals surface area contributed by atoms with Gasteiger partial charge in [-0.15, -0.1) is 0 Å². The number of phosphoric acid groups is 2. The third-order valence-corrected chi connectivity index (χ3v) is 19.2. The van der Waals surface area contributed by atoms with Crippen molar-refractivity contribution in [3.63, 3.8) is 0 Å². The van der Waals surface area contributed by atoms with Crippen LogP contribution in [0.25, 0.3) is 0 Å². The van der Waals surface area contributed by atoms with Gasteiger partial charge in [-0.25, -0.2) is 9.13 Å². The number of unbranched alkanes of at least 4 members (excludes halogenated alkanes) is 46. The highest BCUT2D eigenvalue weighted by Gasteiger charge is 2.30. The Morgan fingerprint density at radius 1 is 0.290 bits per heavy atom. The van der Waals surface area contributed by atoms with Crippen molar-refractivity contribution in [1.29, 1.82) is 0 Å². The molecule has 0 aliphatic heterocycles. The minimum atomic E-state index is -4.95. The zero-order valence-corrected chi connectivity index (χ0v) is 62.2. The van der Waals surface area contributed by atoms with Gasteiger partial charge in [0.1, 0.15) is 19.3 Å². The van der Waals surface area contributed by atoms with Crippen LogP contribution >= 0.6 is 15.6 Å². The summed E-state index contributed by atoms with van der Waals surface area (Å²) in [6, 6.07) is 0. The number of esters is 4. The van der Waals surface area contributed by atoms with Gasteiger partial charge in [-0.1, -0.05) is 336 Å². The van der Waals surface area contributed by atoms with Gasteiger partial charge >= 0.3 is 39.5 Å². The van der Waals surface area contributed by atoms with Crippen LogP contribution in [-0.2, 0) is 65.4 Å². The van der Waals surface area contributed by atoms with Crippen LogP contribution in [0.1, 0.15) is 388 Å². The van der Waals surface area contributed by atoms with E-state index in [1.807, 2.05) is 0 Å². The largest absolute Gasteiger partial charge is 0.472 e. The van der Waals surface area contributed by atoms with Crippen LogP contribution in [0.15, 0.2) is 0 Å². The highest BCUT2D eigenvalue weighted by molar-refractivity contribution is 7.47. The van der Waals surface area contributed by atoms with Crippen LogP contribution in [0.3, 0.4) is 0 Å². The van der Waals surface area contributed by atoms with Gasteiger partial charge in [-0.3, -0.25) is 37.3 Å². The minimum Gasteiger partial charge on any atom is -0.462 e. The molecule has 0 aliphatic carbocycles. The molecule has 0 saturated carbocycles. The first-order valence-corrected chi connectivity index (χ1v) is 41.6. The molecular formula is C74H144O17P2. The molecule has 2 unspecified atom stereocenters. The van der Waals surface area contributed by atoms with E-state index in [1.165, 1.54) is 199 Å². The fraction of sp³-hybridized carbons (Fsp3) is 0.946. The van der Waals surface area contributed by atoms with Crippen molar-refractivity contribution < 1.29 is 80.2 Å². The standard InChI is InChI=1S/C74H144O17P2/c1-6-9-12-15-18-20-22-24-26-30-34-38-43-48-53-58-72(77)85-64-70(91-74(79)60-55-50-45-40-36-32-28-29-33-37-42-46-51-56-67(4)5)66-89-93(82,83)87-62-68(75)61-86-92(80,81)88-65-69(63-84-71(76)57-52-47-41-17-14-11-8-3)90-73(78)59-54-49-44-39-35-31-27-25-23-21-19-16-13-10-7-2/h67-70,75H,6-66H2,1-5H3,(H,80,81)(H,82,83)/t68-,69+,70+/m0/s1. The number of hydrogen-bond acceptors (Lipinski definition) is 15. The Morgan fingerprint density at radius 3 is 0.731 bits per heavy atom. The summed E-state index contributed by atoms with van der Waals surface area (Å²) in [7, 11) is -9.90. The molecule has 0 amide bonds. The van der Waals surface area contributed by atoms with Gasteiger partial charge in [0.2, 0.25) is 0 Å². The van der Waals surface area contributed by atoms with Gasteiger partial charge in [0.25, 0.3) is 0 Å². The van der Waals surface area contributed by atoms with E-state index in [2.05, 4.69) is 34.6 Å². The van der Waals surface area contributed by atoms with Gasteiger partial charge in [-0.05, 0) is 31.6 Å². The molecule has 0 radical (unpaired) electrons. The van der Waals surface area contributed by atoms with E-state index in [0.29, 0.717) is 25.7 Å². The zero-order chi connectivity index (χ0) is 68.4. The number of carbonyl (C=O) groups excluding carboxylic acids is 4. The first-order chi connectivity index (χ1) is 45.0. The zero-order valence-electron chi connectivity index (χ0n) is 60.4. The quantitative estimate of drug-likeness (QED) is 0.0222. The number of aliphatic hydroxyl groups excluding tert-OH is 1. The fourth-order valence-corrected chi connectivity index (χ4v) is 12.9. The molecule has 0 rings (SSSR count). The molecule has 0 aromatic heterocycles. The van der Waals surface area contributed by atoms with Gasteiger partial charge in [0.15, 0.2) is 12.2 Å². The van der Waals surface area contributed by atoms with Crippen molar-refractivity contribution in [2.24, 2.45) is 5.92 Å². The van der Waals surface area contributed by atoms with E-state index in [9.17, 15) is 43.2 Å². The first-order valence-electron chi connectivity index (χ1n) is 38.6. The van der Waals surface area contributed by atoms with Crippen LogP contribution in [0, 0.1) is 5.92 Å². The Labute approximate surface area is 568 Å². The Morgan fingerprint density at radius 2 is 0.495 bits per heavy atom. The van der Waals surface area contributed by atoms with Crippen molar-refractivity contribution in [2.45, 2.75) is 406 Å². The van der Waals surface area contributed by atoms with E-state index >= 15 is 0 Å². The van der Waals surface area contributed by atoms with Crippen molar-refractivity contribution in [3.8, 4) is 0 Å². The van der Waals surface area contributed by atoms with E-state index in [4.69, 9.17) is 37.0 Å². The monoisotopic (exact) mass is 1370 g/mol. The van der Waals surface area contributed by atoms with E-state index in [1.54, 1.807) is 0 Å². The van der Waals surface area contributed by atoms with Crippen molar-refractivity contribution in [2.75, 3.05) is 39.6 Å². The van der Waals surface area contributed by atoms with Crippen molar-refractivity contribution in [1.82, 2.24) is 0 Å². The summed E-state index contributed by atoms with van der Waals surface area (Å²) in [6.45, 7) is 7.27. The normalized spacial score (nSPS) is 14.0. The maximum absolute atomic E-state index is 13.1. The highest BCUT2D eigenvalue weighted by atomic mass is 31.2. The number of phosphoric ester groups is 2. The summed E-state index contributed by atoms with van der Waals surface area (Å²) in [6.07, 6.45) is 55.5. The Bertz CT molecular complexity index is 1790. The molecule has 19 heteroatoms. The summed E-state index contributed by atoms with van der Waals surface area (Å²) >= 11 is 0. The number of rotatable bonds is 74. The molecule has 0 aromatic carbocycles. The van der Waals surface area contributed by atoms with Crippen molar-refractivity contribution >= 4 is 39.5 Å². The first kappa shape index (κ1) is 91.1. The number of carbonyl (C=O) groups is 4. The van der Waals surface area contributed by atoms with Crippen LogP contribution in [0.4, 0.5) is 0 Å². The summed E-state index contributed by atoms with van der Waals surface area (Å²) in [5.41, 5.74) is 0. The molecule has 0 fully saturated rings. The minimum absolute atomic E-state index is 0.108. The average molecular weight is 1370 g/mol. The predicted octanol–water partition coefficient (Wildman–Crippen LogP) is 21.7. The molecule has 5 atom stereocenters. The highest BCUT2D eigenvalue weighted by Crippen LogP contribution is 2.45. The third kappa shape index (κ3) is 68.4. The Hall–Kier alpha value is -1.94. The van der Waals surface area contributed by atoms with Crippen LogP contribution in [0.2, 0.25) is 0 Å². The fourth-order valence-electron chi connectivity index (χ4n) is 11.4. The van der Waals surface area contributed by atoms with E-state index in [-0.39, 0.29) is 25.7 Å². The van der Waals surface area contributed by atoms with Crippen LogP contribution in [-0.4, -0.2) is 96.7 Å². The lowest BCUT2D eigenvalue weighted by Crippen LogP contribution is -2.30. The molecule has 17 nitrogen and oxygen atoms in total. The van der Waals surface area contributed by atoms with Gasteiger partial charge < -0.3 is 33.8 Å². The van der Waals surface area contributed by atoms with Gasteiger partial charge in [-0.2, -0.15) is 0 Å². The van der Waals surface area contributed by atoms with Gasteiger partial charge in [0, 0.05) is 25.7 Å². The number of ether oxygens (including phenoxy) is 4. The summed E-state index contributed by atoms with van der Waals surface area (Å²) < 4.78 is 68.4. The molecule has 0 spiro atoms. The second-order valence-electron chi connectivity index (χ2n) is 27.2. The molecule has 0 aromatic rings. The molecule has 0 heterocycles. The molecule has 552 valence electrons. The Kier molecular flexibility index (Phi) is 65.9. The topological polar surface area (TPSA) is 237 Å². The summed E-state index contributed by atoms with van der Waals surface area (Å²) in [4.78, 5) is 72.6. The number of aliphatic hydroxyl groups is 1. The lowest BCUT2D eigenvalue weighted by Gasteiger charge is -2.21. The number of hydrogen-bond donors (Lipinski definition) is 3. The van der Waals surface area contributed by atoms with E-state index in [0.717, 1.165) is 109 Å². The lowest BCUT2D eigenvalue weighted by atomic mass is 10.0. The smallest absolute Gasteiger partial charge is 0.462 e. The molecule has 0 saturated heterocycles. The lowest BCUT2D eigenvalue weighted by molar-refractivity contribution is -0.161. The summed E-state index contributed by atoms with van der Waals surface area (Å²) in [5, 5.41) is 10.6. The molecule has 93 heavy (non-hydrogen) atoms. The van der Waals surface area contributed by atoms with E-state index < -0.39 is 97.5 Å². The maximum atomic E-state index is 13.1. The van der Waals surface area contributed by atoms with Crippen molar-refractivity contribution in [3.05, 3.63) is 0 Å². The van der Waals surface area contributed by atoms with Gasteiger partial charge in [0.05, 0.1) is 26.4 Å². The predicted molar refractivity (Wildman–Crippen MR) is 377 cm³/mol. The molecule has 0 bridgehead atoms. The Balaban J connectivity index is 5.20. The molecular weight excluding hydrogens is 1220 g/mol. The summed E-state index contributed by atoms with van der Waals surface area (Å²) in [5.74, 6) is -1.33. The second kappa shape index (κ2) is 67.3. The van der Waals surface area contributed by atoms with Crippen LogP contribution in [0.5, 0.6) is 0 Å².